The summed E-state index contributed by atoms with van der Waals surface area (Å²) in [6.45, 7) is 10.6. The minimum Gasteiger partial charge on any atom is -0.481 e. The summed E-state index contributed by atoms with van der Waals surface area (Å²) in [7, 11) is 0. The molecule has 0 saturated carbocycles. The molecule has 0 aliphatic rings. The van der Waals surface area contributed by atoms with Gasteiger partial charge in [0, 0.05) is 13.1 Å². The van der Waals surface area contributed by atoms with Crippen molar-refractivity contribution >= 4 is 11.9 Å². The first-order chi connectivity index (χ1) is 7.90. The number of carboxylic acid groups (broad SMARTS) is 1. The summed E-state index contributed by atoms with van der Waals surface area (Å²) in [4.78, 5) is 24.9. The lowest BCUT2D eigenvalue weighted by atomic mass is 9.79. The molecule has 0 rings (SSSR count). The Hall–Kier alpha value is -1.10. The quantitative estimate of drug-likeness (QED) is 0.731. The third kappa shape index (κ3) is 5.04. The highest BCUT2D eigenvalue weighted by molar-refractivity contribution is 5.97. The average Bonchev–Trinajstić information content (AvgIpc) is 2.09. The molecule has 106 valence electrons. The van der Waals surface area contributed by atoms with Crippen LogP contribution in [0.4, 0.5) is 0 Å². The Balaban J connectivity index is 5.12. The summed E-state index contributed by atoms with van der Waals surface area (Å²) in [6.07, 6.45) is 0. The third-order valence-corrected chi connectivity index (χ3v) is 2.63. The molecule has 0 aliphatic heterocycles. The third-order valence-electron chi connectivity index (χ3n) is 2.63. The molecular weight excluding hydrogens is 234 g/mol. The largest absolute Gasteiger partial charge is 0.481 e. The lowest BCUT2D eigenvalue weighted by molar-refractivity contribution is -0.157. The molecule has 2 N–H and O–H groups in total. The predicted octanol–water partition coefficient (Wildman–Crippen LogP) is 1.35. The van der Waals surface area contributed by atoms with Crippen LogP contribution in [-0.4, -0.2) is 45.7 Å². The van der Waals surface area contributed by atoms with E-state index in [0.29, 0.717) is 6.54 Å². The highest BCUT2D eigenvalue weighted by Crippen LogP contribution is 2.28. The zero-order chi connectivity index (χ0) is 14.7. The van der Waals surface area contributed by atoms with Crippen LogP contribution in [0.2, 0.25) is 0 Å². The molecule has 5 heteroatoms. The van der Waals surface area contributed by atoms with Gasteiger partial charge in [-0.25, -0.2) is 0 Å². The molecule has 0 saturated heterocycles. The number of likely N-dealkylation sites (N-methyl/N-ethyl adjacent to an activating group) is 1. The Bertz CT molecular complexity index is 312. The van der Waals surface area contributed by atoms with Gasteiger partial charge in [-0.05, 0) is 26.2 Å². The number of carbonyl (C=O) groups is 2. The van der Waals surface area contributed by atoms with Crippen molar-refractivity contribution < 1.29 is 19.8 Å². The molecule has 0 aliphatic carbocycles. The highest BCUT2D eigenvalue weighted by Gasteiger charge is 2.40. The van der Waals surface area contributed by atoms with Gasteiger partial charge >= 0.3 is 5.97 Å². The van der Waals surface area contributed by atoms with E-state index in [2.05, 4.69) is 0 Å². The Morgan fingerprint density at radius 2 is 1.61 bits per heavy atom. The maximum absolute atomic E-state index is 12.3. The van der Waals surface area contributed by atoms with Gasteiger partial charge in [0.15, 0.2) is 0 Å². The molecular formula is C13H25NO4. The second kappa shape index (κ2) is 5.69. The molecule has 0 aromatic rings. The second-order valence-corrected chi connectivity index (χ2v) is 6.30. The summed E-state index contributed by atoms with van der Waals surface area (Å²) in [6, 6.07) is 0. The van der Waals surface area contributed by atoms with Gasteiger partial charge in [0.25, 0.3) is 0 Å². The van der Waals surface area contributed by atoms with Crippen LogP contribution < -0.4 is 0 Å². The number of amides is 1. The number of carbonyl (C=O) groups excluding carboxylic acids is 1. The van der Waals surface area contributed by atoms with Crippen LogP contribution in [-0.2, 0) is 9.59 Å². The summed E-state index contributed by atoms with van der Waals surface area (Å²) in [5, 5.41) is 19.0. The summed E-state index contributed by atoms with van der Waals surface area (Å²) >= 11 is 0. The molecule has 0 radical (unpaired) electrons. The fourth-order valence-electron chi connectivity index (χ4n) is 1.84. The highest BCUT2D eigenvalue weighted by atomic mass is 16.4. The topological polar surface area (TPSA) is 77.8 Å². The van der Waals surface area contributed by atoms with Gasteiger partial charge in [-0.3, -0.25) is 9.59 Å². The standard InChI is InChI=1S/C13H25NO4/c1-7-14(8-13(5,6)18)10(15)9(11(16)17)12(2,3)4/h9,18H,7-8H2,1-6H3,(H,16,17). The lowest BCUT2D eigenvalue weighted by Crippen LogP contribution is -2.49. The van der Waals surface area contributed by atoms with E-state index in [1.165, 1.54) is 4.90 Å². The lowest BCUT2D eigenvalue weighted by Gasteiger charge is -2.34. The molecule has 18 heavy (non-hydrogen) atoms. The number of aliphatic hydroxyl groups is 1. The number of nitrogens with zero attached hydrogens (tertiary/aromatic N) is 1. The van der Waals surface area contributed by atoms with Crippen molar-refractivity contribution in [3.05, 3.63) is 0 Å². The second-order valence-electron chi connectivity index (χ2n) is 6.30. The molecule has 0 heterocycles. The first-order valence-corrected chi connectivity index (χ1v) is 6.14. The van der Waals surface area contributed by atoms with Gasteiger partial charge < -0.3 is 15.1 Å². The van der Waals surface area contributed by atoms with E-state index >= 15 is 0 Å². The van der Waals surface area contributed by atoms with E-state index in [9.17, 15) is 19.8 Å². The first kappa shape index (κ1) is 16.9. The number of hydrogen-bond acceptors (Lipinski definition) is 3. The SMILES string of the molecule is CCN(CC(C)(C)O)C(=O)C(C(=O)O)C(C)(C)C. The Morgan fingerprint density at radius 1 is 1.17 bits per heavy atom. The molecule has 0 aromatic carbocycles. The van der Waals surface area contributed by atoms with Gasteiger partial charge in [0.1, 0.15) is 5.92 Å². The summed E-state index contributed by atoms with van der Waals surface area (Å²) in [5.74, 6) is -2.67. The van der Waals surface area contributed by atoms with Crippen molar-refractivity contribution in [1.29, 1.82) is 0 Å². The first-order valence-electron chi connectivity index (χ1n) is 6.14. The average molecular weight is 259 g/mol. The van der Waals surface area contributed by atoms with Crippen molar-refractivity contribution in [2.45, 2.75) is 47.1 Å². The Labute approximate surface area is 109 Å². The molecule has 0 spiro atoms. The number of rotatable bonds is 5. The zero-order valence-electron chi connectivity index (χ0n) is 12.1. The fraction of sp³-hybridized carbons (Fsp3) is 0.846. The Kier molecular flexibility index (Phi) is 5.35. The van der Waals surface area contributed by atoms with E-state index < -0.39 is 28.8 Å². The monoisotopic (exact) mass is 259 g/mol. The van der Waals surface area contributed by atoms with Crippen LogP contribution in [0.25, 0.3) is 0 Å². The van der Waals surface area contributed by atoms with Crippen molar-refractivity contribution in [3.8, 4) is 0 Å². The number of hydrogen-bond donors (Lipinski definition) is 2. The number of carboxylic acids is 1. The van der Waals surface area contributed by atoms with Crippen molar-refractivity contribution in [2.24, 2.45) is 11.3 Å². The fourth-order valence-corrected chi connectivity index (χ4v) is 1.84. The van der Waals surface area contributed by atoms with Gasteiger partial charge in [-0.1, -0.05) is 20.8 Å². The minimum atomic E-state index is -1.12. The zero-order valence-corrected chi connectivity index (χ0v) is 12.1. The maximum Gasteiger partial charge on any atom is 0.316 e. The summed E-state index contributed by atoms with van der Waals surface area (Å²) in [5.41, 5.74) is -1.69. The predicted molar refractivity (Wildman–Crippen MR) is 69.1 cm³/mol. The van der Waals surface area contributed by atoms with Crippen LogP contribution in [0.3, 0.4) is 0 Å². The Morgan fingerprint density at radius 3 is 1.83 bits per heavy atom. The van der Waals surface area contributed by atoms with Crippen LogP contribution in [0.1, 0.15) is 41.5 Å². The van der Waals surface area contributed by atoms with Crippen molar-refractivity contribution in [3.63, 3.8) is 0 Å². The van der Waals surface area contributed by atoms with Gasteiger partial charge in [0.2, 0.25) is 5.91 Å². The van der Waals surface area contributed by atoms with E-state index in [0.717, 1.165) is 0 Å². The normalized spacial score (nSPS) is 14.2. The van der Waals surface area contributed by atoms with Gasteiger partial charge in [0.05, 0.1) is 5.60 Å². The van der Waals surface area contributed by atoms with Crippen LogP contribution in [0, 0.1) is 11.3 Å². The molecule has 0 fully saturated rings. The van der Waals surface area contributed by atoms with Crippen LogP contribution in [0.15, 0.2) is 0 Å². The molecule has 1 unspecified atom stereocenters. The van der Waals surface area contributed by atoms with Crippen LogP contribution in [0.5, 0.6) is 0 Å². The number of aliphatic carboxylic acids is 1. The van der Waals surface area contributed by atoms with Crippen molar-refractivity contribution in [2.75, 3.05) is 13.1 Å². The smallest absolute Gasteiger partial charge is 0.316 e. The van der Waals surface area contributed by atoms with Crippen molar-refractivity contribution in [1.82, 2.24) is 4.90 Å². The molecule has 0 aromatic heterocycles. The minimum absolute atomic E-state index is 0.127. The van der Waals surface area contributed by atoms with Crippen LogP contribution >= 0.6 is 0 Å². The van der Waals surface area contributed by atoms with E-state index in [1.54, 1.807) is 41.5 Å². The molecule has 0 bridgehead atoms. The molecule has 5 nitrogen and oxygen atoms in total. The van der Waals surface area contributed by atoms with E-state index in [4.69, 9.17) is 0 Å². The van der Waals surface area contributed by atoms with Gasteiger partial charge in [-0.15, -0.1) is 0 Å². The maximum atomic E-state index is 12.3. The van der Waals surface area contributed by atoms with E-state index in [-0.39, 0.29) is 6.54 Å². The van der Waals surface area contributed by atoms with E-state index in [1.807, 2.05) is 0 Å². The van der Waals surface area contributed by atoms with Gasteiger partial charge in [-0.2, -0.15) is 0 Å². The summed E-state index contributed by atoms with van der Waals surface area (Å²) < 4.78 is 0. The molecule has 1 amide bonds. The molecule has 1 atom stereocenters.